The number of rotatable bonds is 0. The van der Waals surface area contributed by atoms with Crippen LogP contribution in [0.4, 0.5) is 5.69 Å². The highest BCUT2D eigenvalue weighted by atomic mass is 16.5. The van der Waals surface area contributed by atoms with Gasteiger partial charge in [-0.05, 0) is 23.8 Å². The van der Waals surface area contributed by atoms with E-state index in [4.69, 9.17) is 10.5 Å². The van der Waals surface area contributed by atoms with E-state index >= 15 is 0 Å². The van der Waals surface area contributed by atoms with E-state index in [1.54, 1.807) is 0 Å². The summed E-state index contributed by atoms with van der Waals surface area (Å²) in [5.74, 6) is 0. The fraction of sp³-hybridized carbons (Fsp3) is 0.250. The molecule has 1 aromatic rings. The Hall–Kier alpha value is -2.20. The molecule has 2 heterocycles. The maximum absolute atomic E-state index is 6.13. The van der Waals surface area contributed by atoms with Crippen molar-refractivity contribution in [2.45, 2.75) is 12.0 Å². The average Bonchev–Trinajstić information content (AvgIpc) is 2.48. The van der Waals surface area contributed by atoms with Gasteiger partial charge in [0.05, 0.1) is 12.9 Å². The number of benzene rings is 1. The number of anilines is 1. The predicted octanol–water partition coefficient (Wildman–Crippen LogP) is 1.83. The Balaban J connectivity index is 1.84. The van der Waals surface area contributed by atoms with Crippen molar-refractivity contribution in [2.24, 2.45) is 0 Å². The molecule has 1 atom stereocenters. The number of hydrogen-bond acceptors (Lipinski definition) is 4. The van der Waals surface area contributed by atoms with Crippen LogP contribution in [0.15, 0.2) is 47.9 Å². The topological polar surface area (TPSA) is 59.3 Å². The van der Waals surface area contributed by atoms with E-state index in [1.165, 1.54) is 16.8 Å². The Labute approximate surface area is 118 Å². The van der Waals surface area contributed by atoms with Gasteiger partial charge in [0, 0.05) is 35.5 Å². The average molecular weight is 267 g/mol. The van der Waals surface area contributed by atoms with Crippen LogP contribution in [0, 0.1) is 0 Å². The van der Waals surface area contributed by atoms with Crippen LogP contribution in [-0.2, 0) is 10.3 Å². The van der Waals surface area contributed by atoms with Crippen LogP contribution in [0.2, 0.25) is 0 Å². The summed E-state index contributed by atoms with van der Waals surface area (Å²) < 4.78 is 6.13. The molecule has 4 nitrogen and oxygen atoms in total. The second kappa shape index (κ2) is 4.15. The molecule has 1 saturated heterocycles. The van der Waals surface area contributed by atoms with Gasteiger partial charge in [-0.25, -0.2) is 0 Å². The summed E-state index contributed by atoms with van der Waals surface area (Å²) in [7, 11) is 0. The molecule has 0 radical (unpaired) electrons. The van der Waals surface area contributed by atoms with E-state index in [-0.39, 0.29) is 0 Å². The summed E-state index contributed by atoms with van der Waals surface area (Å²) in [5.41, 5.74) is 11.0. The lowest BCUT2D eigenvalue weighted by Crippen LogP contribution is -2.42. The lowest BCUT2D eigenvalue weighted by Gasteiger charge is -2.39. The van der Waals surface area contributed by atoms with E-state index in [0.29, 0.717) is 0 Å². The molecule has 1 aliphatic carbocycles. The quantitative estimate of drug-likeness (QED) is 0.628. The zero-order chi connectivity index (χ0) is 13.6. The highest BCUT2D eigenvalue weighted by Crippen LogP contribution is 2.42. The molecule has 0 amide bonds. The van der Waals surface area contributed by atoms with Crippen molar-refractivity contribution in [1.29, 1.82) is 0 Å². The Morgan fingerprint density at radius 2 is 2.25 bits per heavy atom. The largest absolute Gasteiger partial charge is 0.485 e. The van der Waals surface area contributed by atoms with E-state index < -0.39 is 5.60 Å². The second-order valence-corrected chi connectivity index (χ2v) is 5.44. The van der Waals surface area contributed by atoms with Gasteiger partial charge in [-0.3, -0.25) is 5.32 Å². The lowest BCUT2D eigenvalue weighted by atomic mass is 9.80. The summed E-state index contributed by atoms with van der Waals surface area (Å²) >= 11 is 0. The molecule has 4 N–H and O–H groups in total. The summed E-state index contributed by atoms with van der Waals surface area (Å²) in [6.45, 7) is 1.63. The molecular weight excluding hydrogens is 250 g/mol. The SMILES string of the molecule is Nc1ccc2c(c1)C1(C=C3NCNCC3=CO1)CC=C2. The highest BCUT2D eigenvalue weighted by molar-refractivity contribution is 5.64. The monoisotopic (exact) mass is 267 g/mol. The molecule has 4 heteroatoms. The van der Waals surface area contributed by atoms with Crippen molar-refractivity contribution >= 4 is 11.8 Å². The zero-order valence-corrected chi connectivity index (χ0v) is 11.1. The second-order valence-electron chi connectivity index (χ2n) is 5.44. The molecule has 0 saturated carbocycles. The van der Waals surface area contributed by atoms with Crippen LogP contribution < -0.4 is 16.4 Å². The summed E-state index contributed by atoms with van der Waals surface area (Å²) in [5, 5.41) is 6.65. The summed E-state index contributed by atoms with van der Waals surface area (Å²) in [6.07, 6.45) is 9.20. The number of ether oxygens (including phenoxy) is 1. The van der Waals surface area contributed by atoms with Gasteiger partial charge in [0.15, 0.2) is 5.60 Å². The number of fused-ring (bicyclic) bond motifs is 3. The standard InChI is InChI=1S/C16H17N3O/c17-13-4-3-11-2-1-5-16(14(11)6-13)7-15-12(9-20-16)8-18-10-19-15/h1-4,6-7,9,18-19H,5,8,10,17H2. The van der Waals surface area contributed by atoms with E-state index in [1.807, 2.05) is 18.4 Å². The fourth-order valence-electron chi connectivity index (χ4n) is 3.06. The van der Waals surface area contributed by atoms with Crippen molar-refractivity contribution in [3.63, 3.8) is 0 Å². The molecule has 4 rings (SSSR count). The molecule has 0 bridgehead atoms. The van der Waals surface area contributed by atoms with E-state index in [9.17, 15) is 0 Å². The Bertz CT molecular complexity index is 660. The Kier molecular flexibility index (Phi) is 2.41. The Morgan fingerprint density at radius 3 is 3.20 bits per heavy atom. The third kappa shape index (κ3) is 1.65. The van der Waals surface area contributed by atoms with E-state index in [2.05, 4.69) is 34.9 Å². The van der Waals surface area contributed by atoms with Gasteiger partial charge < -0.3 is 15.8 Å². The first kappa shape index (κ1) is 11.6. The van der Waals surface area contributed by atoms with Crippen molar-refractivity contribution in [3.8, 4) is 0 Å². The summed E-state index contributed by atoms with van der Waals surface area (Å²) in [4.78, 5) is 0. The molecule has 0 aromatic heterocycles. The van der Waals surface area contributed by atoms with Crippen molar-refractivity contribution in [1.82, 2.24) is 10.6 Å². The van der Waals surface area contributed by atoms with Crippen molar-refractivity contribution < 1.29 is 4.74 Å². The van der Waals surface area contributed by atoms with Crippen LogP contribution in [-0.4, -0.2) is 13.2 Å². The van der Waals surface area contributed by atoms with E-state index in [0.717, 1.165) is 30.9 Å². The smallest absolute Gasteiger partial charge is 0.158 e. The number of nitrogens with one attached hydrogen (secondary N) is 2. The minimum atomic E-state index is -0.428. The Morgan fingerprint density at radius 1 is 1.30 bits per heavy atom. The van der Waals surface area contributed by atoms with Gasteiger partial charge in [0.1, 0.15) is 0 Å². The molecule has 1 spiro atoms. The molecule has 1 aromatic carbocycles. The first-order valence-electron chi connectivity index (χ1n) is 6.88. The molecular formula is C16H17N3O. The summed E-state index contributed by atoms with van der Waals surface area (Å²) in [6, 6.07) is 6.01. The van der Waals surface area contributed by atoms with Gasteiger partial charge in [0.2, 0.25) is 0 Å². The van der Waals surface area contributed by atoms with Crippen LogP contribution >= 0.6 is 0 Å². The minimum absolute atomic E-state index is 0.428. The molecule has 2 aliphatic heterocycles. The van der Waals surface area contributed by atoms with Gasteiger partial charge in [0.25, 0.3) is 0 Å². The molecule has 3 aliphatic rings. The van der Waals surface area contributed by atoms with Crippen LogP contribution in [0.25, 0.3) is 6.08 Å². The number of nitrogen functional groups attached to an aromatic ring is 1. The maximum atomic E-state index is 6.13. The van der Waals surface area contributed by atoms with Crippen LogP contribution in [0.5, 0.6) is 0 Å². The lowest BCUT2D eigenvalue weighted by molar-refractivity contribution is 0.0592. The predicted molar refractivity (Wildman–Crippen MR) is 79.4 cm³/mol. The van der Waals surface area contributed by atoms with Crippen molar-refractivity contribution in [2.75, 3.05) is 18.9 Å². The maximum Gasteiger partial charge on any atom is 0.158 e. The zero-order valence-electron chi connectivity index (χ0n) is 11.1. The van der Waals surface area contributed by atoms with Gasteiger partial charge in [-0.1, -0.05) is 18.2 Å². The molecule has 1 fully saturated rings. The highest BCUT2D eigenvalue weighted by Gasteiger charge is 2.38. The number of nitrogens with two attached hydrogens (primary N) is 1. The van der Waals surface area contributed by atoms with Crippen molar-refractivity contribution in [3.05, 3.63) is 59.0 Å². The first-order chi connectivity index (χ1) is 9.77. The fourth-order valence-corrected chi connectivity index (χ4v) is 3.06. The number of hydrogen-bond donors (Lipinski definition) is 3. The van der Waals surface area contributed by atoms with Gasteiger partial charge in [-0.2, -0.15) is 0 Å². The first-order valence-corrected chi connectivity index (χ1v) is 6.88. The third-order valence-corrected chi connectivity index (χ3v) is 4.11. The van der Waals surface area contributed by atoms with Gasteiger partial charge >= 0.3 is 0 Å². The molecule has 1 unspecified atom stereocenters. The third-order valence-electron chi connectivity index (χ3n) is 4.11. The normalized spacial score (nSPS) is 26.8. The minimum Gasteiger partial charge on any atom is -0.485 e. The molecule has 102 valence electrons. The van der Waals surface area contributed by atoms with Crippen LogP contribution in [0.3, 0.4) is 0 Å². The van der Waals surface area contributed by atoms with Gasteiger partial charge in [-0.15, -0.1) is 0 Å². The molecule has 20 heavy (non-hydrogen) atoms. The van der Waals surface area contributed by atoms with Crippen LogP contribution in [0.1, 0.15) is 17.5 Å².